The van der Waals surface area contributed by atoms with Crippen molar-refractivity contribution >= 4 is 17.0 Å². The van der Waals surface area contributed by atoms with Crippen LogP contribution in [0.4, 0.5) is 5.69 Å². The first-order valence-corrected chi connectivity index (χ1v) is 7.22. The lowest BCUT2D eigenvalue weighted by Gasteiger charge is -2.12. The van der Waals surface area contributed by atoms with Gasteiger partial charge in [-0.25, -0.2) is 4.98 Å². The molecule has 1 heterocycles. The zero-order valence-electron chi connectivity index (χ0n) is 11.8. The molecule has 2 rings (SSSR count). The molecule has 0 spiro atoms. The van der Waals surface area contributed by atoms with E-state index in [1.807, 2.05) is 14.1 Å². The normalized spacial score (nSPS) is 11.1. The maximum Gasteiger partial charge on any atom is 0.123 e. The van der Waals surface area contributed by atoms with Gasteiger partial charge in [0.05, 0.1) is 17.2 Å². The Morgan fingerprint density at radius 1 is 1.21 bits per heavy atom. The molecule has 0 aliphatic heterocycles. The molecule has 0 aliphatic carbocycles. The molecule has 0 saturated carbocycles. The van der Waals surface area contributed by atoms with Crippen LogP contribution in [0, 0.1) is 0 Å². The molecule has 0 atom stereocenters. The summed E-state index contributed by atoms with van der Waals surface area (Å²) in [6, 6.07) is 8.34. The number of anilines is 1. The Hall–Kier alpha value is -1.39. The van der Waals surface area contributed by atoms with Crippen molar-refractivity contribution in [3.05, 3.63) is 34.8 Å². The van der Waals surface area contributed by atoms with E-state index >= 15 is 0 Å². The Morgan fingerprint density at radius 2 is 1.84 bits per heavy atom. The van der Waals surface area contributed by atoms with Gasteiger partial charge in [0.25, 0.3) is 0 Å². The maximum absolute atomic E-state index is 9.41. The summed E-state index contributed by atoms with van der Waals surface area (Å²) in [6.45, 7) is 4.28. The van der Waals surface area contributed by atoms with Crippen LogP contribution in [-0.4, -0.2) is 24.2 Å². The summed E-state index contributed by atoms with van der Waals surface area (Å²) in [5, 5.41) is 10.4. The highest BCUT2D eigenvalue weighted by Gasteiger charge is 2.14. The van der Waals surface area contributed by atoms with E-state index in [9.17, 15) is 5.11 Å². The molecule has 1 aromatic carbocycles. The van der Waals surface area contributed by atoms with Crippen molar-refractivity contribution in [2.24, 2.45) is 0 Å². The summed E-state index contributed by atoms with van der Waals surface area (Å²) < 4.78 is 0. The number of aliphatic hydroxyl groups excluding tert-OH is 1. The third kappa shape index (κ3) is 2.96. The highest BCUT2D eigenvalue weighted by atomic mass is 32.1. The zero-order valence-corrected chi connectivity index (χ0v) is 12.7. The number of hydrogen-bond acceptors (Lipinski definition) is 4. The second-order valence-corrected chi connectivity index (χ2v) is 6.17. The van der Waals surface area contributed by atoms with Gasteiger partial charge in [-0.3, -0.25) is 0 Å². The SMILES string of the molecule is CC(C)c1nc(-c2ccc(N(C)C)cc2)sc1CO. The van der Waals surface area contributed by atoms with Crippen LogP contribution < -0.4 is 4.90 Å². The largest absolute Gasteiger partial charge is 0.391 e. The molecule has 0 aliphatic rings. The third-order valence-corrected chi connectivity index (χ3v) is 4.15. The quantitative estimate of drug-likeness (QED) is 0.928. The minimum Gasteiger partial charge on any atom is -0.391 e. The number of aliphatic hydroxyl groups is 1. The number of rotatable bonds is 4. The van der Waals surface area contributed by atoms with E-state index in [-0.39, 0.29) is 6.61 Å². The summed E-state index contributed by atoms with van der Waals surface area (Å²) in [5.74, 6) is 0.341. The highest BCUT2D eigenvalue weighted by molar-refractivity contribution is 7.15. The molecule has 0 radical (unpaired) electrons. The molecule has 0 bridgehead atoms. The van der Waals surface area contributed by atoms with E-state index in [0.717, 1.165) is 21.1 Å². The molecule has 102 valence electrons. The average Bonchev–Trinajstić information content (AvgIpc) is 2.83. The fraction of sp³-hybridized carbons (Fsp3) is 0.400. The van der Waals surface area contributed by atoms with Crippen LogP contribution in [0.5, 0.6) is 0 Å². The number of aromatic nitrogens is 1. The zero-order chi connectivity index (χ0) is 14.0. The monoisotopic (exact) mass is 276 g/mol. The minimum absolute atomic E-state index is 0.0704. The number of hydrogen-bond donors (Lipinski definition) is 1. The Labute approximate surface area is 118 Å². The molecule has 2 aromatic rings. The standard InChI is InChI=1S/C15H20N2OS/c1-10(2)14-13(9-18)19-15(16-14)11-5-7-12(8-6-11)17(3)4/h5-8,10,18H,9H2,1-4H3. The predicted molar refractivity (Wildman–Crippen MR) is 81.9 cm³/mol. The third-order valence-electron chi connectivity index (χ3n) is 3.05. The van der Waals surface area contributed by atoms with Gasteiger partial charge < -0.3 is 10.0 Å². The van der Waals surface area contributed by atoms with E-state index in [0.29, 0.717) is 5.92 Å². The molecule has 19 heavy (non-hydrogen) atoms. The van der Waals surface area contributed by atoms with Crippen molar-refractivity contribution in [3.8, 4) is 10.6 Å². The molecule has 4 heteroatoms. The lowest BCUT2D eigenvalue weighted by atomic mass is 10.1. The number of benzene rings is 1. The van der Waals surface area contributed by atoms with Crippen LogP contribution in [0.3, 0.4) is 0 Å². The van der Waals surface area contributed by atoms with Gasteiger partial charge in [0, 0.05) is 25.3 Å². The highest BCUT2D eigenvalue weighted by Crippen LogP contribution is 2.32. The van der Waals surface area contributed by atoms with Gasteiger partial charge in [-0.2, -0.15) is 0 Å². The molecular weight excluding hydrogens is 256 g/mol. The predicted octanol–water partition coefficient (Wildman–Crippen LogP) is 3.49. The van der Waals surface area contributed by atoms with Crippen molar-refractivity contribution in [1.29, 1.82) is 0 Å². The first-order valence-electron chi connectivity index (χ1n) is 6.41. The first-order chi connectivity index (χ1) is 9.02. The van der Waals surface area contributed by atoms with Gasteiger partial charge in [0.1, 0.15) is 5.01 Å². The summed E-state index contributed by atoms with van der Waals surface area (Å²) in [4.78, 5) is 7.72. The van der Waals surface area contributed by atoms with Crippen molar-refractivity contribution < 1.29 is 5.11 Å². The van der Waals surface area contributed by atoms with Gasteiger partial charge in [-0.15, -0.1) is 11.3 Å². The van der Waals surface area contributed by atoms with Gasteiger partial charge in [0.15, 0.2) is 0 Å². The Balaban J connectivity index is 2.36. The van der Waals surface area contributed by atoms with Crippen LogP contribution in [0.15, 0.2) is 24.3 Å². The molecule has 0 fully saturated rings. The van der Waals surface area contributed by atoms with E-state index in [1.165, 1.54) is 5.69 Å². The molecule has 0 unspecified atom stereocenters. The van der Waals surface area contributed by atoms with Crippen LogP contribution in [0.2, 0.25) is 0 Å². The minimum atomic E-state index is 0.0704. The van der Waals surface area contributed by atoms with E-state index in [4.69, 9.17) is 0 Å². The molecular formula is C15H20N2OS. The summed E-state index contributed by atoms with van der Waals surface area (Å²) in [6.07, 6.45) is 0. The van der Waals surface area contributed by atoms with Crippen molar-refractivity contribution in [2.75, 3.05) is 19.0 Å². The van der Waals surface area contributed by atoms with E-state index in [1.54, 1.807) is 11.3 Å². The molecule has 1 aromatic heterocycles. The molecule has 0 saturated heterocycles. The number of thiazole rings is 1. The van der Waals surface area contributed by atoms with Crippen molar-refractivity contribution in [3.63, 3.8) is 0 Å². The van der Waals surface area contributed by atoms with Gasteiger partial charge in [0.2, 0.25) is 0 Å². The summed E-state index contributed by atoms with van der Waals surface area (Å²) >= 11 is 1.58. The van der Waals surface area contributed by atoms with Gasteiger partial charge in [-0.05, 0) is 30.2 Å². The topological polar surface area (TPSA) is 36.4 Å². The Bertz CT molecular complexity index is 544. The smallest absolute Gasteiger partial charge is 0.123 e. The van der Waals surface area contributed by atoms with Crippen molar-refractivity contribution in [2.45, 2.75) is 26.4 Å². The Morgan fingerprint density at radius 3 is 2.26 bits per heavy atom. The van der Waals surface area contributed by atoms with E-state index < -0.39 is 0 Å². The van der Waals surface area contributed by atoms with Crippen LogP contribution >= 0.6 is 11.3 Å². The molecule has 3 nitrogen and oxygen atoms in total. The average molecular weight is 276 g/mol. The number of nitrogens with zero attached hydrogens (tertiary/aromatic N) is 2. The maximum atomic E-state index is 9.41. The second-order valence-electron chi connectivity index (χ2n) is 5.08. The van der Waals surface area contributed by atoms with Crippen LogP contribution in [0.25, 0.3) is 10.6 Å². The fourth-order valence-electron chi connectivity index (χ4n) is 1.95. The summed E-state index contributed by atoms with van der Waals surface area (Å²) in [7, 11) is 4.05. The lowest BCUT2D eigenvalue weighted by molar-refractivity contribution is 0.283. The fourth-order valence-corrected chi connectivity index (χ4v) is 3.04. The molecule has 1 N–H and O–H groups in total. The van der Waals surface area contributed by atoms with Gasteiger partial charge >= 0.3 is 0 Å². The second kappa shape index (κ2) is 5.72. The van der Waals surface area contributed by atoms with Crippen LogP contribution in [0.1, 0.15) is 30.3 Å². The summed E-state index contributed by atoms with van der Waals surface area (Å²) in [5.41, 5.74) is 3.29. The van der Waals surface area contributed by atoms with E-state index in [2.05, 4.69) is 48.0 Å². The van der Waals surface area contributed by atoms with Gasteiger partial charge in [-0.1, -0.05) is 13.8 Å². The van der Waals surface area contributed by atoms with Crippen LogP contribution in [-0.2, 0) is 6.61 Å². The lowest BCUT2D eigenvalue weighted by Crippen LogP contribution is -2.07. The molecule has 0 amide bonds. The van der Waals surface area contributed by atoms with Crippen molar-refractivity contribution in [1.82, 2.24) is 4.98 Å². The Kier molecular flexibility index (Phi) is 4.22. The first kappa shape index (κ1) is 14.0.